The van der Waals surface area contributed by atoms with Crippen LogP contribution in [0, 0.1) is 5.41 Å². The average Bonchev–Trinajstić information content (AvgIpc) is 2.93. The van der Waals surface area contributed by atoms with E-state index in [1.807, 2.05) is 20.8 Å². The van der Waals surface area contributed by atoms with Crippen molar-refractivity contribution in [1.82, 2.24) is 10.6 Å². The molecule has 0 aromatic rings. The summed E-state index contributed by atoms with van der Waals surface area (Å²) in [6.45, 7) is 7.16. The predicted octanol–water partition coefficient (Wildman–Crippen LogP) is 0.483. The van der Waals surface area contributed by atoms with Crippen LogP contribution in [-0.2, 0) is 19.1 Å². The third-order valence-corrected chi connectivity index (χ3v) is 7.41. The van der Waals surface area contributed by atoms with Gasteiger partial charge in [-0.15, -0.1) is 0 Å². The summed E-state index contributed by atoms with van der Waals surface area (Å²) in [6, 6.07) is -1.01. The first kappa shape index (κ1) is 37.6. The first-order chi connectivity index (χ1) is 19.3. The molecule has 1 saturated heterocycles. The molecule has 1 rings (SSSR count). The van der Waals surface area contributed by atoms with Gasteiger partial charge in [0.05, 0.1) is 25.4 Å². The minimum absolute atomic E-state index is 0.0813. The molecule has 0 aromatic heterocycles. The SMILES string of the molecule is CC[C@@H](O)[C@@H](O)[C@H](CO[C@H]1OC(CO)[C@H](O)C(O)C1O)NC(=O)CCCCCCCCCCCNC(=O)C(C)(C)C. The standard InChI is InChI=1S/C29H56N2O10/c1-5-20(33)23(35)19(18-40-27-26(38)25(37)24(36)21(17-32)41-27)31-22(34)15-13-11-9-7-6-8-10-12-14-16-30-28(39)29(2,3)4/h19-21,23-27,32-33,35-38H,5-18H2,1-4H3,(H,30,39)(H,31,34)/t19-,20+,21?,23-,24-,25?,26?,27-/m0/s1. The van der Waals surface area contributed by atoms with Gasteiger partial charge in [0.2, 0.25) is 11.8 Å². The van der Waals surface area contributed by atoms with E-state index in [0.29, 0.717) is 13.0 Å². The molecule has 0 aromatic carbocycles. The Morgan fingerprint density at radius 2 is 1.44 bits per heavy atom. The van der Waals surface area contributed by atoms with Crippen LogP contribution in [0.25, 0.3) is 0 Å². The van der Waals surface area contributed by atoms with Gasteiger partial charge in [0.25, 0.3) is 0 Å². The highest BCUT2D eigenvalue weighted by atomic mass is 16.7. The van der Waals surface area contributed by atoms with Crippen LogP contribution >= 0.6 is 0 Å². The van der Waals surface area contributed by atoms with Crippen LogP contribution in [0.2, 0.25) is 0 Å². The van der Waals surface area contributed by atoms with E-state index >= 15 is 0 Å². The molecule has 0 aliphatic carbocycles. The predicted molar refractivity (Wildman–Crippen MR) is 153 cm³/mol. The lowest BCUT2D eigenvalue weighted by molar-refractivity contribution is -0.303. The number of unbranched alkanes of at least 4 members (excludes halogenated alkanes) is 8. The second-order valence-corrected chi connectivity index (χ2v) is 12.1. The van der Waals surface area contributed by atoms with Crippen molar-refractivity contribution >= 4 is 11.8 Å². The molecule has 2 amide bonds. The molecule has 8 N–H and O–H groups in total. The number of aliphatic hydroxyl groups excluding tert-OH is 6. The Hall–Kier alpha value is -1.38. The minimum atomic E-state index is -1.61. The lowest BCUT2D eigenvalue weighted by Crippen LogP contribution is -2.60. The molecule has 12 heteroatoms. The third kappa shape index (κ3) is 14.1. The molecule has 0 bridgehead atoms. The second-order valence-electron chi connectivity index (χ2n) is 12.1. The number of hydrogen-bond acceptors (Lipinski definition) is 10. The molecule has 0 spiro atoms. The summed E-state index contributed by atoms with van der Waals surface area (Å²) in [6.07, 6.45) is -0.188. The molecular weight excluding hydrogens is 536 g/mol. The summed E-state index contributed by atoms with van der Waals surface area (Å²) < 4.78 is 10.8. The Kier molecular flexibility index (Phi) is 18.1. The zero-order chi connectivity index (χ0) is 31.0. The normalized spacial score (nSPS) is 25.4. The Balaban J connectivity index is 2.30. The van der Waals surface area contributed by atoms with Crippen LogP contribution in [-0.4, -0.2) is 111 Å². The van der Waals surface area contributed by atoms with E-state index in [4.69, 9.17) is 9.47 Å². The van der Waals surface area contributed by atoms with Crippen molar-refractivity contribution in [3.8, 4) is 0 Å². The molecule has 1 aliphatic heterocycles. The molecule has 12 nitrogen and oxygen atoms in total. The van der Waals surface area contributed by atoms with Gasteiger partial charge in [0, 0.05) is 18.4 Å². The highest BCUT2D eigenvalue weighted by Crippen LogP contribution is 2.22. The second kappa shape index (κ2) is 19.7. The van der Waals surface area contributed by atoms with E-state index in [9.17, 15) is 40.2 Å². The zero-order valence-electron chi connectivity index (χ0n) is 25.3. The van der Waals surface area contributed by atoms with E-state index < -0.39 is 55.6 Å². The molecule has 0 saturated carbocycles. The molecule has 41 heavy (non-hydrogen) atoms. The van der Waals surface area contributed by atoms with Crippen molar-refractivity contribution in [3.05, 3.63) is 0 Å². The van der Waals surface area contributed by atoms with Gasteiger partial charge in [-0.2, -0.15) is 0 Å². The Bertz CT molecular complexity index is 733. The van der Waals surface area contributed by atoms with Crippen LogP contribution in [0.3, 0.4) is 0 Å². The summed E-state index contributed by atoms with van der Waals surface area (Å²) in [5, 5.41) is 65.7. The first-order valence-electron chi connectivity index (χ1n) is 15.2. The van der Waals surface area contributed by atoms with Gasteiger partial charge in [0.15, 0.2) is 6.29 Å². The fourth-order valence-corrected chi connectivity index (χ4v) is 4.53. The monoisotopic (exact) mass is 592 g/mol. The molecule has 242 valence electrons. The maximum atomic E-state index is 12.6. The van der Waals surface area contributed by atoms with Crippen molar-refractivity contribution in [2.75, 3.05) is 19.8 Å². The van der Waals surface area contributed by atoms with Crippen LogP contribution in [0.1, 0.15) is 98.3 Å². The molecule has 1 fully saturated rings. The number of carbonyl (C=O) groups is 2. The molecule has 8 atom stereocenters. The van der Waals surface area contributed by atoms with Crippen LogP contribution in [0.5, 0.6) is 0 Å². The highest BCUT2D eigenvalue weighted by Gasteiger charge is 2.44. The van der Waals surface area contributed by atoms with E-state index in [0.717, 1.165) is 51.4 Å². The van der Waals surface area contributed by atoms with Gasteiger partial charge >= 0.3 is 0 Å². The van der Waals surface area contributed by atoms with Crippen LogP contribution in [0.4, 0.5) is 0 Å². The molecule has 3 unspecified atom stereocenters. The van der Waals surface area contributed by atoms with Gasteiger partial charge in [-0.05, 0) is 19.3 Å². The van der Waals surface area contributed by atoms with Crippen molar-refractivity contribution < 1.29 is 49.7 Å². The smallest absolute Gasteiger partial charge is 0.225 e. The largest absolute Gasteiger partial charge is 0.394 e. The van der Waals surface area contributed by atoms with Gasteiger partial charge < -0.3 is 50.7 Å². The van der Waals surface area contributed by atoms with Crippen molar-refractivity contribution in [3.63, 3.8) is 0 Å². The van der Waals surface area contributed by atoms with Gasteiger partial charge in [-0.25, -0.2) is 0 Å². The number of nitrogens with one attached hydrogen (secondary N) is 2. The fraction of sp³-hybridized carbons (Fsp3) is 0.931. The summed E-state index contributed by atoms with van der Waals surface area (Å²) >= 11 is 0. The Morgan fingerprint density at radius 3 is 1.98 bits per heavy atom. The zero-order valence-corrected chi connectivity index (χ0v) is 25.3. The van der Waals surface area contributed by atoms with E-state index in [-0.39, 0.29) is 36.7 Å². The Labute approximate surface area is 244 Å². The maximum absolute atomic E-state index is 12.6. The number of aliphatic hydroxyl groups is 6. The van der Waals surface area contributed by atoms with E-state index in [1.54, 1.807) is 6.92 Å². The van der Waals surface area contributed by atoms with Gasteiger partial charge in [-0.1, -0.05) is 72.6 Å². The minimum Gasteiger partial charge on any atom is -0.394 e. The molecule has 1 heterocycles. The molecule has 1 aliphatic rings. The van der Waals surface area contributed by atoms with Crippen molar-refractivity contribution in [1.29, 1.82) is 0 Å². The average molecular weight is 593 g/mol. The van der Waals surface area contributed by atoms with Gasteiger partial charge in [-0.3, -0.25) is 9.59 Å². The van der Waals surface area contributed by atoms with E-state index in [1.165, 1.54) is 0 Å². The van der Waals surface area contributed by atoms with Crippen LogP contribution < -0.4 is 10.6 Å². The topological polar surface area (TPSA) is 198 Å². The van der Waals surface area contributed by atoms with Crippen molar-refractivity contribution in [2.24, 2.45) is 5.41 Å². The number of hydrogen-bond donors (Lipinski definition) is 8. The van der Waals surface area contributed by atoms with Gasteiger partial charge in [0.1, 0.15) is 30.5 Å². The lowest BCUT2D eigenvalue weighted by Gasteiger charge is -2.40. The number of rotatable bonds is 20. The summed E-state index contributed by atoms with van der Waals surface area (Å²) in [5.74, 6) is -0.230. The molecular formula is C29H56N2O10. The first-order valence-corrected chi connectivity index (χ1v) is 15.2. The van der Waals surface area contributed by atoms with Crippen molar-refractivity contribution in [2.45, 2.75) is 147 Å². The quantitative estimate of drug-likeness (QED) is 0.0921. The highest BCUT2D eigenvalue weighted by molar-refractivity contribution is 5.81. The fourth-order valence-electron chi connectivity index (χ4n) is 4.53. The lowest BCUT2D eigenvalue weighted by atomic mass is 9.96. The number of ether oxygens (including phenoxy) is 2. The third-order valence-electron chi connectivity index (χ3n) is 7.41. The number of amides is 2. The summed E-state index contributed by atoms with van der Waals surface area (Å²) in [5.41, 5.74) is -0.354. The number of carbonyl (C=O) groups excluding carboxylic acids is 2. The molecule has 0 radical (unpaired) electrons. The Morgan fingerprint density at radius 1 is 0.878 bits per heavy atom. The van der Waals surface area contributed by atoms with Crippen LogP contribution in [0.15, 0.2) is 0 Å². The maximum Gasteiger partial charge on any atom is 0.225 e. The summed E-state index contributed by atoms with van der Waals surface area (Å²) in [4.78, 5) is 24.4. The van der Waals surface area contributed by atoms with E-state index in [2.05, 4.69) is 10.6 Å². The summed E-state index contributed by atoms with van der Waals surface area (Å²) in [7, 11) is 0.